The van der Waals surface area contributed by atoms with Crippen molar-refractivity contribution in [1.82, 2.24) is 0 Å². The Labute approximate surface area is 137 Å². The van der Waals surface area contributed by atoms with Gasteiger partial charge in [-0.3, -0.25) is 0 Å². The smallest absolute Gasteiger partial charge is 0.126 e. The molecule has 0 spiro atoms. The van der Waals surface area contributed by atoms with Crippen molar-refractivity contribution in [3.63, 3.8) is 0 Å². The number of rotatable bonds is 5. The van der Waals surface area contributed by atoms with Crippen molar-refractivity contribution in [2.75, 3.05) is 11.9 Å². The molecule has 5 heteroatoms. The Morgan fingerprint density at radius 3 is 2.62 bits per heavy atom. The molecule has 2 rings (SSSR count). The van der Waals surface area contributed by atoms with Gasteiger partial charge in [0.05, 0.1) is 10.6 Å². The highest BCUT2D eigenvalue weighted by atomic mass is 79.9. The van der Waals surface area contributed by atoms with Gasteiger partial charge in [-0.25, -0.2) is 4.39 Å². The van der Waals surface area contributed by atoms with Crippen molar-refractivity contribution < 1.29 is 4.39 Å². The highest BCUT2D eigenvalue weighted by molar-refractivity contribution is 9.10. The molecule has 0 aliphatic rings. The topological polar surface area (TPSA) is 38.0 Å². The monoisotopic (exact) mass is 370 g/mol. The fraction of sp³-hybridized carbons (Fsp3) is 0.250. The number of nitrogens with two attached hydrogens (primary N) is 1. The Morgan fingerprint density at radius 2 is 2.00 bits per heavy atom. The molecule has 1 unspecified atom stereocenters. The van der Waals surface area contributed by atoms with Gasteiger partial charge in [-0.15, -0.1) is 0 Å². The number of hydrogen-bond acceptors (Lipinski definition) is 2. The van der Waals surface area contributed by atoms with Gasteiger partial charge in [-0.1, -0.05) is 29.8 Å². The van der Waals surface area contributed by atoms with Crippen LogP contribution in [-0.4, -0.2) is 12.1 Å². The molecule has 0 saturated heterocycles. The van der Waals surface area contributed by atoms with E-state index in [1.807, 2.05) is 25.1 Å². The van der Waals surface area contributed by atoms with Crippen molar-refractivity contribution in [2.45, 2.75) is 18.9 Å². The summed E-state index contributed by atoms with van der Waals surface area (Å²) in [5.41, 5.74) is 6.98. The van der Waals surface area contributed by atoms with E-state index in [1.165, 1.54) is 6.07 Å². The zero-order valence-electron chi connectivity index (χ0n) is 11.7. The molecule has 0 bridgehead atoms. The summed E-state index contributed by atoms with van der Waals surface area (Å²) in [6.45, 7) is 2.35. The van der Waals surface area contributed by atoms with Gasteiger partial charge in [-0.05, 0) is 59.1 Å². The predicted molar refractivity (Wildman–Crippen MR) is 90.3 cm³/mol. The summed E-state index contributed by atoms with van der Waals surface area (Å²) in [6, 6.07) is 12.3. The van der Waals surface area contributed by atoms with Gasteiger partial charge < -0.3 is 11.1 Å². The number of hydrogen-bond donors (Lipinski definition) is 2. The van der Waals surface area contributed by atoms with E-state index in [-0.39, 0.29) is 5.82 Å². The second-order valence-corrected chi connectivity index (χ2v) is 6.55. The van der Waals surface area contributed by atoms with E-state index in [0.29, 0.717) is 23.6 Å². The third-order valence-electron chi connectivity index (χ3n) is 3.35. The molecule has 0 fully saturated rings. The molecule has 2 aromatic carbocycles. The van der Waals surface area contributed by atoms with E-state index in [1.54, 1.807) is 18.2 Å². The van der Waals surface area contributed by atoms with Gasteiger partial charge in [-0.2, -0.15) is 0 Å². The lowest BCUT2D eigenvalue weighted by molar-refractivity contribution is 0.501. The second-order valence-electron chi connectivity index (χ2n) is 5.29. The summed E-state index contributed by atoms with van der Waals surface area (Å²) in [4.78, 5) is 0. The zero-order chi connectivity index (χ0) is 15.5. The third kappa shape index (κ3) is 4.19. The maximum atomic E-state index is 13.8. The van der Waals surface area contributed by atoms with E-state index in [9.17, 15) is 4.39 Å². The molecule has 21 heavy (non-hydrogen) atoms. The van der Waals surface area contributed by atoms with E-state index in [2.05, 4.69) is 21.2 Å². The van der Waals surface area contributed by atoms with Crippen molar-refractivity contribution in [3.05, 3.63) is 63.3 Å². The minimum absolute atomic E-state index is 0.212. The molecular weight excluding hydrogens is 355 g/mol. The van der Waals surface area contributed by atoms with Crippen molar-refractivity contribution in [1.29, 1.82) is 0 Å². The van der Waals surface area contributed by atoms with Gasteiger partial charge in [0.1, 0.15) is 5.82 Å². The van der Waals surface area contributed by atoms with Crippen molar-refractivity contribution >= 4 is 33.2 Å². The van der Waals surface area contributed by atoms with Crippen LogP contribution in [0, 0.1) is 5.82 Å². The fourth-order valence-corrected chi connectivity index (χ4v) is 2.65. The molecule has 3 N–H and O–H groups in total. The summed E-state index contributed by atoms with van der Waals surface area (Å²) in [5.74, 6) is -0.212. The van der Waals surface area contributed by atoms with E-state index < -0.39 is 5.54 Å². The molecule has 0 aliphatic carbocycles. The zero-order valence-corrected chi connectivity index (χ0v) is 14.0. The Balaban J connectivity index is 2.21. The number of halogens is 3. The van der Waals surface area contributed by atoms with Crippen LogP contribution >= 0.6 is 27.5 Å². The normalized spacial score (nSPS) is 13.8. The standard InChI is InChI=1S/C16H17BrClFN2/c1-16(10-20,9-11-4-2-3-5-15(11)19)21-12-6-7-14(18)13(17)8-12/h2-8,21H,9-10,20H2,1H3. The number of benzene rings is 2. The highest BCUT2D eigenvalue weighted by Gasteiger charge is 2.24. The van der Waals surface area contributed by atoms with Gasteiger partial charge in [0.15, 0.2) is 0 Å². The van der Waals surface area contributed by atoms with Gasteiger partial charge >= 0.3 is 0 Å². The average molecular weight is 372 g/mol. The lowest BCUT2D eigenvalue weighted by Gasteiger charge is -2.31. The molecule has 1 atom stereocenters. The van der Waals surface area contributed by atoms with Gasteiger partial charge in [0.2, 0.25) is 0 Å². The summed E-state index contributed by atoms with van der Waals surface area (Å²) < 4.78 is 14.6. The Morgan fingerprint density at radius 1 is 1.29 bits per heavy atom. The predicted octanol–water partition coefficient (Wildman–Crippen LogP) is 4.61. The van der Waals surface area contributed by atoms with Crippen LogP contribution in [0.1, 0.15) is 12.5 Å². The first-order valence-electron chi connectivity index (χ1n) is 6.60. The SMILES string of the molecule is CC(CN)(Cc1ccccc1F)Nc1ccc(Cl)c(Br)c1. The molecule has 0 saturated carbocycles. The van der Waals surface area contributed by atoms with Crippen LogP contribution in [0.3, 0.4) is 0 Å². The quantitative estimate of drug-likeness (QED) is 0.805. The largest absolute Gasteiger partial charge is 0.378 e. The minimum atomic E-state index is -0.449. The molecule has 0 radical (unpaired) electrons. The molecule has 2 nitrogen and oxygen atoms in total. The summed E-state index contributed by atoms with van der Waals surface area (Å²) in [5, 5.41) is 4.01. The van der Waals surface area contributed by atoms with Crippen LogP contribution in [0.15, 0.2) is 46.9 Å². The van der Waals surface area contributed by atoms with Gasteiger partial charge in [0.25, 0.3) is 0 Å². The van der Waals surface area contributed by atoms with E-state index >= 15 is 0 Å². The maximum absolute atomic E-state index is 13.8. The lowest BCUT2D eigenvalue weighted by Crippen LogP contribution is -2.44. The molecular formula is C16H17BrClFN2. The first kappa shape index (κ1) is 16.3. The van der Waals surface area contributed by atoms with E-state index in [0.717, 1.165) is 10.2 Å². The van der Waals surface area contributed by atoms with Crippen LogP contribution in [0.5, 0.6) is 0 Å². The highest BCUT2D eigenvalue weighted by Crippen LogP contribution is 2.28. The number of nitrogens with one attached hydrogen (secondary N) is 1. The van der Waals surface area contributed by atoms with Crippen LogP contribution in [0.2, 0.25) is 5.02 Å². The molecule has 0 amide bonds. The molecule has 0 aliphatic heterocycles. The molecule has 0 heterocycles. The summed E-state index contributed by atoms with van der Waals surface area (Å²) in [7, 11) is 0. The van der Waals surface area contributed by atoms with Crippen LogP contribution in [0.25, 0.3) is 0 Å². The number of anilines is 1. The van der Waals surface area contributed by atoms with Crippen molar-refractivity contribution in [2.24, 2.45) is 5.73 Å². The maximum Gasteiger partial charge on any atom is 0.126 e. The van der Waals surface area contributed by atoms with Crippen LogP contribution in [0.4, 0.5) is 10.1 Å². The first-order chi connectivity index (χ1) is 9.93. The minimum Gasteiger partial charge on any atom is -0.378 e. The average Bonchev–Trinajstić information content (AvgIpc) is 2.45. The van der Waals surface area contributed by atoms with Crippen LogP contribution in [-0.2, 0) is 6.42 Å². The van der Waals surface area contributed by atoms with Gasteiger partial charge in [0, 0.05) is 16.7 Å². The Hall–Kier alpha value is -1.10. The molecule has 112 valence electrons. The summed E-state index contributed by atoms with van der Waals surface area (Å²) >= 11 is 9.38. The van der Waals surface area contributed by atoms with Crippen molar-refractivity contribution in [3.8, 4) is 0 Å². The molecule has 2 aromatic rings. The summed E-state index contributed by atoms with van der Waals surface area (Å²) in [6.07, 6.45) is 0.496. The van der Waals surface area contributed by atoms with E-state index in [4.69, 9.17) is 17.3 Å². The second kappa shape index (κ2) is 6.77. The lowest BCUT2D eigenvalue weighted by atomic mass is 9.92. The third-order valence-corrected chi connectivity index (χ3v) is 4.57. The Bertz CT molecular complexity index is 635. The Kier molecular flexibility index (Phi) is 5.25. The van der Waals surface area contributed by atoms with Crippen LogP contribution < -0.4 is 11.1 Å². The first-order valence-corrected chi connectivity index (χ1v) is 7.77. The molecule has 0 aromatic heterocycles. The fourth-order valence-electron chi connectivity index (χ4n) is 2.15.